The number of aliphatic carboxylic acids is 1. The summed E-state index contributed by atoms with van der Waals surface area (Å²) < 4.78 is 0. The van der Waals surface area contributed by atoms with Crippen LogP contribution in [0.2, 0.25) is 0 Å². The van der Waals surface area contributed by atoms with E-state index >= 15 is 0 Å². The van der Waals surface area contributed by atoms with Gasteiger partial charge in [0.25, 0.3) is 0 Å². The van der Waals surface area contributed by atoms with E-state index in [1.54, 1.807) is 0 Å². The van der Waals surface area contributed by atoms with Crippen molar-refractivity contribution in [3.05, 3.63) is 0 Å². The Morgan fingerprint density at radius 1 is 1.50 bits per heavy atom. The van der Waals surface area contributed by atoms with Gasteiger partial charge in [0.2, 0.25) is 0 Å². The second kappa shape index (κ2) is 5.16. The van der Waals surface area contributed by atoms with Gasteiger partial charge in [0, 0.05) is 6.54 Å². The number of carbonyl (C=O) groups excluding carboxylic acids is 2. The minimum Gasteiger partial charge on any atom is -0.480 e. The summed E-state index contributed by atoms with van der Waals surface area (Å²) in [5.41, 5.74) is 0. The average molecular weight is 224 g/mol. The zero-order valence-corrected chi connectivity index (χ0v) is 8.60. The highest BCUT2D eigenvalue weighted by molar-refractivity contribution is 6.35. The van der Waals surface area contributed by atoms with Gasteiger partial charge in [-0.3, -0.25) is 9.59 Å². The van der Waals surface area contributed by atoms with E-state index in [-0.39, 0.29) is 6.54 Å². The molecule has 0 aliphatic carbocycles. The first-order valence-electron chi connectivity index (χ1n) is 4.83. The summed E-state index contributed by atoms with van der Waals surface area (Å²) in [5, 5.41) is 11.0. The Kier molecular flexibility index (Phi) is 3.89. The summed E-state index contributed by atoms with van der Waals surface area (Å²) in [6.07, 6.45) is 5.89. The van der Waals surface area contributed by atoms with E-state index in [1.807, 2.05) is 0 Å². The fraction of sp³-hybridized carbons (Fsp3) is 0.500. The van der Waals surface area contributed by atoms with Crippen molar-refractivity contribution in [2.75, 3.05) is 13.1 Å². The van der Waals surface area contributed by atoms with Crippen LogP contribution in [-0.4, -0.2) is 46.9 Å². The van der Waals surface area contributed by atoms with Gasteiger partial charge in [0.05, 0.1) is 6.54 Å². The largest absolute Gasteiger partial charge is 0.480 e. The Morgan fingerprint density at radius 3 is 2.75 bits per heavy atom. The highest BCUT2D eigenvalue weighted by Gasteiger charge is 2.36. The SMILES string of the molecule is C#CCNC(=O)C(=O)N1CCCC1C(=O)O. The number of terminal acetylenes is 1. The molecular formula is C10H12N2O4. The minimum absolute atomic E-state index is 0.0455. The fourth-order valence-corrected chi connectivity index (χ4v) is 1.60. The number of likely N-dealkylation sites (tertiary alicyclic amines) is 1. The molecule has 1 heterocycles. The third-order valence-corrected chi connectivity index (χ3v) is 2.34. The Labute approximate surface area is 92.6 Å². The van der Waals surface area contributed by atoms with Crippen molar-refractivity contribution < 1.29 is 19.5 Å². The molecule has 0 spiro atoms. The number of hydrogen-bond acceptors (Lipinski definition) is 3. The van der Waals surface area contributed by atoms with Crippen molar-refractivity contribution in [2.45, 2.75) is 18.9 Å². The van der Waals surface area contributed by atoms with Crippen LogP contribution in [0, 0.1) is 12.3 Å². The summed E-state index contributed by atoms with van der Waals surface area (Å²) in [7, 11) is 0. The molecule has 0 aromatic carbocycles. The first-order chi connectivity index (χ1) is 7.57. The van der Waals surface area contributed by atoms with Gasteiger partial charge >= 0.3 is 17.8 Å². The van der Waals surface area contributed by atoms with Crippen LogP contribution in [0.25, 0.3) is 0 Å². The van der Waals surface area contributed by atoms with Crippen molar-refractivity contribution >= 4 is 17.8 Å². The zero-order chi connectivity index (χ0) is 12.1. The van der Waals surface area contributed by atoms with Crippen LogP contribution in [0.5, 0.6) is 0 Å². The Hall–Kier alpha value is -2.03. The van der Waals surface area contributed by atoms with Crippen molar-refractivity contribution in [2.24, 2.45) is 0 Å². The topological polar surface area (TPSA) is 86.7 Å². The third kappa shape index (κ3) is 2.51. The van der Waals surface area contributed by atoms with Crippen LogP contribution in [0.15, 0.2) is 0 Å². The molecule has 1 saturated heterocycles. The van der Waals surface area contributed by atoms with E-state index in [0.717, 1.165) is 4.90 Å². The van der Waals surface area contributed by atoms with Gasteiger partial charge in [0.15, 0.2) is 0 Å². The molecule has 1 aliphatic heterocycles. The molecule has 1 rings (SSSR count). The van der Waals surface area contributed by atoms with Crippen LogP contribution < -0.4 is 5.32 Å². The molecule has 1 fully saturated rings. The molecule has 6 heteroatoms. The van der Waals surface area contributed by atoms with Crippen LogP contribution in [0.4, 0.5) is 0 Å². The number of nitrogens with zero attached hydrogens (tertiary/aromatic N) is 1. The van der Waals surface area contributed by atoms with E-state index in [2.05, 4.69) is 11.2 Å². The molecule has 2 N–H and O–H groups in total. The van der Waals surface area contributed by atoms with E-state index in [4.69, 9.17) is 11.5 Å². The Bertz CT molecular complexity index is 358. The lowest BCUT2D eigenvalue weighted by molar-refractivity contribution is -0.152. The number of carbonyl (C=O) groups is 3. The van der Waals surface area contributed by atoms with Gasteiger partial charge in [-0.05, 0) is 12.8 Å². The molecule has 1 atom stereocenters. The molecule has 1 unspecified atom stereocenters. The highest BCUT2D eigenvalue weighted by Crippen LogP contribution is 2.17. The Balaban J connectivity index is 2.63. The number of amides is 2. The number of nitrogens with one attached hydrogen (secondary N) is 1. The smallest absolute Gasteiger partial charge is 0.326 e. The lowest BCUT2D eigenvalue weighted by Crippen LogP contribution is -2.47. The van der Waals surface area contributed by atoms with Crippen LogP contribution in [0.3, 0.4) is 0 Å². The molecule has 86 valence electrons. The van der Waals surface area contributed by atoms with Gasteiger partial charge in [-0.15, -0.1) is 6.42 Å². The summed E-state index contributed by atoms with van der Waals surface area (Å²) in [4.78, 5) is 34.7. The van der Waals surface area contributed by atoms with Gasteiger partial charge < -0.3 is 15.3 Å². The average Bonchev–Trinajstić information content (AvgIpc) is 2.73. The van der Waals surface area contributed by atoms with Crippen molar-refractivity contribution in [3.63, 3.8) is 0 Å². The predicted octanol–water partition coefficient (Wildman–Crippen LogP) is -1.19. The summed E-state index contributed by atoms with van der Waals surface area (Å²) >= 11 is 0. The molecular weight excluding hydrogens is 212 g/mol. The van der Waals surface area contributed by atoms with Crippen LogP contribution >= 0.6 is 0 Å². The summed E-state index contributed by atoms with van der Waals surface area (Å²) in [6.45, 7) is 0.245. The number of hydrogen-bond donors (Lipinski definition) is 2. The number of carboxylic acids is 1. The van der Waals surface area contributed by atoms with Crippen LogP contribution in [-0.2, 0) is 14.4 Å². The molecule has 16 heavy (non-hydrogen) atoms. The summed E-state index contributed by atoms with van der Waals surface area (Å²) in [6, 6.07) is -0.899. The monoisotopic (exact) mass is 224 g/mol. The second-order valence-electron chi connectivity index (χ2n) is 3.38. The lowest BCUT2D eigenvalue weighted by Gasteiger charge is -2.20. The maximum atomic E-state index is 11.5. The number of rotatable bonds is 2. The maximum absolute atomic E-state index is 11.5. The normalized spacial score (nSPS) is 18.9. The van der Waals surface area contributed by atoms with Crippen molar-refractivity contribution in [3.8, 4) is 12.3 Å². The first-order valence-corrected chi connectivity index (χ1v) is 4.83. The lowest BCUT2D eigenvalue weighted by atomic mass is 10.2. The minimum atomic E-state index is -1.09. The van der Waals surface area contributed by atoms with Gasteiger partial charge in [0.1, 0.15) is 6.04 Å². The zero-order valence-electron chi connectivity index (χ0n) is 8.60. The van der Waals surface area contributed by atoms with E-state index in [1.165, 1.54) is 0 Å². The molecule has 1 aliphatic rings. The fourth-order valence-electron chi connectivity index (χ4n) is 1.60. The van der Waals surface area contributed by atoms with E-state index in [0.29, 0.717) is 19.4 Å². The highest BCUT2D eigenvalue weighted by atomic mass is 16.4. The standard InChI is InChI=1S/C10H12N2O4/c1-2-5-11-8(13)9(14)12-6-3-4-7(12)10(15)16/h1,7H,3-6H2,(H,11,13)(H,15,16). The van der Waals surface area contributed by atoms with Crippen LogP contribution in [0.1, 0.15) is 12.8 Å². The van der Waals surface area contributed by atoms with Crippen molar-refractivity contribution in [1.82, 2.24) is 10.2 Å². The molecule has 0 aromatic heterocycles. The molecule has 6 nitrogen and oxygen atoms in total. The van der Waals surface area contributed by atoms with Gasteiger partial charge in [-0.25, -0.2) is 4.79 Å². The second-order valence-corrected chi connectivity index (χ2v) is 3.38. The van der Waals surface area contributed by atoms with Gasteiger partial charge in [-0.2, -0.15) is 0 Å². The van der Waals surface area contributed by atoms with E-state index in [9.17, 15) is 14.4 Å². The Morgan fingerprint density at radius 2 is 2.19 bits per heavy atom. The molecule has 0 radical (unpaired) electrons. The molecule has 0 aromatic rings. The maximum Gasteiger partial charge on any atom is 0.326 e. The van der Waals surface area contributed by atoms with Gasteiger partial charge in [-0.1, -0.05) is 5.92 Å². The first kappa shape index (κ1) is 12.0. The quantitative estimate of drug-likeness (QED) is 0.456. The molecule has 2 amide bonds. The summed E-state index contributed by atoms with van der Waals surface area (Å²) in [5.74, 6) is -0.617. The predicted molar refractivity (Wildman–Crippen MR) is 54.2 cm³/mol. The molecule has 0 saturated carbocycles. The third-order valence-electron chi connectivity index (χ3n) is 2.34. The number of carboxylic acid groups (broad SMARTS) is 1. The molecule has 0 bridgehead atoms. The van der Waals surface area contributed by atoms with Crippen molar-refractivity contribution in [1.29, 1.82) is 0 Å². The van der Waals surface area contributed by atoms with E-state index < -0.39 is 23.8 Å².